The molecule has 0 aliphatic heterocycles. The molecule has 0 radical (unpaired) electrons. The first-order chi connectivity index (χ1) is 9.97. The van der Waals surface area contributed by atoms with E-state index in [1.54, 1.807) is 0 Å². The van der Waals surface area contributed by atoms with Crippen molar-refractivity contribution in [1.29, 1.82) is 0 Å². The van der Waals surface area contributed by atoms with Gasteiger partial charge in [0.05, 0.1) is 6.42 Å². The third-order valence-corrected chi connectivity index (χ3v) is 3.46. The van der Waals surface area contributed by atoms with Crippen molar-refractivity contribution in [2.45, 2.75) is 27.2 Å². The van der Waals surface area contributed by atoms with Gasteiger partial charge in [-0.1, -0.05) is 23.8 Å². The summed E-state index contributed by atoms with van der Waals surface area (Å²) in [5.41, 5.74) is 3.10. The van der Waals surface area contributed by atoms with Gasteiger partial charge in [0.1, 0.15) is 12.4 Å². The van der Waals surface area contributed by atoms with E-state index in [2.05, 4.69) is 0 Å². The fraction of sp³-hybridized carbons (Fsp3) is 0.278. The molecule has 0 unspecified atom stereocenters. The number of hydrogen-bond donors (Lipinski definition) is 1. The molecular weight excluding hydrogens is 264 g/mol. The van der Waals surface area contributed by atoms with Gasteiger partial charge in [0.25, 0.3) is 0 Å². The second-order valence-corrected chi connectivity index (χ2v) is 5.40. The first kappa shape index (κ1) is 15.1. The molecule has 0 amide bonds. The van der Waals surface area contributed by atoms with Crippen LogP contribution >= 0.6 is 0 Å². The van der Waals surface area contributed by atoms with Gasteiger partial charge in [0.2, 0.25) is 0 Å². The molecule has 3 nitrogen and oxygen atoms in total. The van der Waals surface area contributed by atoms with E-state index < -0.39 is 5.97 Å². The van der Waals surface area contributed by atoms with Crippen molar-refractivity contribution in [2.75, 3.05) is 6.61 Å². The van der Waals surface area contributed by atoms with Crippen molar-refractivity contribution >= 4 is 16.7 Å². The van der Waals surface area contributed by atoms with E-state index >= 15 is 0 Å². The zero-order valence-electron chi connectivity index (χ0n) is 12.6. The van der Waals surface area contributed by atoms with Crippen LogP contribution in [0.2, 0.25) is 0 Å². The Balaban J connectivity index is 2.28. The van der Waals surface area contributed by atoms with E-state index in [1.807, 2.05) is 57.2 Å². The Kier molecular flexibility index (Phi) is 4.63. The maximum Gasteiger partial charge on any atom is 0.307 e. The van der Waals surface area contributed by atoms with E-state index in [9.17, 15) is 4.79 Å². The van der Waals surface area contributed by atoms with E-state index in [0.717, 1.165) is 27.6 Å². The number of carboxylic acids is 1. The van der Waals surface area contributed by atoms with Gasteiger partial charge in [-0.2, -0.15) is 0 Å². The van der Waals surface area contributed by atoms with Gasteiger partial charge < -0.3 is 9.84 Å². The van der Waals surface area contributed by atoms with Crippen molar-refractivity contribution in [3.8, 4) is 5.75 Å². The second kappa shape index (κ2) is 6.44. The van der Waals surface area contributed by atoms with Gasteiger partial charge in [-0.25, -0.2) is 0 Å². The number of ether oxygens (including phenoxy) is 1. The third-order valence-electron chi connectivity index (χ3n) is 3.46. The molecule has 0 spiro atoms. The third kappa shape index (κ3) is 3.85. The lowest BCUT2D eigenvalue weighted by Gasteiger charge is -2.10. The van der Waals surface area contributed by atoms with E-state index in [0.29, 0.717) is 6.61 Å². The molecule has 0 aliphatic rings. The van der Waals surface area contributed by atoms with Crippen LogP contribution in [0.5, 0.6) is 5.75 Å². The Morgan fingerprint density at radius 3 is 2.67 bits per heavy atom. The zero-order valence-corrected chi connectivity index (χ0v) is 12.6. The Morgan fingerprint density at radius 2 is 2.00 bits per heavy atom. The lowest BCUT2D eigenvalue weighted by molar-refractivity contribution is -0.136. The number of benzene rings is 2. The Morgan fingerprint density at radius 1 is 1.24 bits per heavy atom. The molecule has 0 atom stereocenters. The topological polar surface area (TPSA) is 46.5 Å². The highest BCUT2D eigenvalue weighted by Gasteiger charge is 2.08. The van der Waals surface area contributed by atoms with E-state index in [-0.39, 0.29) is 6.42 Å². The Labute approximate surface area is 124 Å². The van der Waals surface area contributed by atoms with Crippen LogP contribution in [0, 0.1) is 6.92 Å². The first-order valence-corrected chi connectivity index (χ1v) is 6.97. The van der Waals surface area contributed by atoms with Crippen molar-refractivity contribution in [3.63, 3.8) is 0 Å². The van der Waals surface area contributed by atoms with Gasteiger partial charge in [0, 0.05) is 0 Å². The number of fused-ring (bicyclic) bond motifs is 1. The van der Waals surface area contributed by atoms with Gasteiger partial charge in [0.15, 0.2) is 0 Å². The quantitative estimate of drug-likeness (QED) is 0.840. The van der Waals surface area contributed by atoms with Gasteiger partial charge in [-0.15, -0.1) is 0 Å². The molecule has 2 aromatic carbocycles. The average Bonchev–Trinajstić information content (AvgIpc) is 2.41. The van der Waals surface area contributed by atoms with Gasteiger partial charge in [-0.05, 0) is 60.9 Å². The molecule has 2 aromatic rings. The average molecular weight is 284 g/mol. The summed E-state index contributed by atoms with van der Waals surface area (Å²) in [7, 11) is 0. The van der Waals surface area contributed by atoms with Crippen molar-refractivity contribution < 1.29 is 14.6 Å². The fourth-order valence-electron chi connectivity index (χ4n) is 2.26. The van der Waals surface area contributed by atoms with E-state index in [1.165, 1.54) is 5.57 Å². The molecule has 0 aromatic heterocycles. The predicted octanol–water partition coefficient (Wildman–Crippen LogP) is 4.12. The van der Waals surface area contributed by atoms with Crippen LogP contribution in [0.25, 0.3) is 10.8 Å². The van der Waals surface area contributed by atoms with Crippen LogP contribution in [0.1, 0.15) is 25.0 Å². The highest BCUT2D eigenvalue weighted by molar-refractivity contribution is 5.88. The summed E-state index contributed by atoms with van der Waals surface area (Å²) in [5, 5.41) is 11.1. The Bertz CT molecular complexity index is 695. The molecule has 1 N–H and O–H groups in total. The highest BCUT2D eigenvalue weighted by atomic mass is 16.5. The van der Waals surface area contributed by atoms with Crippen LogP contribution in [-0.4, -0.2) is 17.7 Å². The van der Waals surface area contributed by atoms with Crippen LogP contribution in [-0.2, 0) is 11.2 Å². The minimum absolute atomic E-state index is 0.0561. The number of rotatable bonds is 5. The summed E-state index contributed by atoms with van der Waals surface area (Å²) >= 11 is 0. The van der Waals surface area contributed by atoms with Crippen molar-refractivity contribution in [1.82, 2.24) is 0 Å². The van der Waals surface area contributed by atoms with Crippen LogP contribution in [0.3, 0.4) is 0 Å². The molecule has 0 heterocycles. The molecule has 3 heteroatoms. The number of hydrogen-bond acceptors (Lipinski definition) is 2. The maximum absolute atomic E-state index is 10.9. The number of carbonyl (C=O) groups is 1. The van der Waals surface area contributed by atoms with E-state index in [4.69, 9.17) is 9.84 Å². The summed E-state index contributed by atoms with van der Waals surface area (Å²) in [6.07, 6.45) is 2.09. The number of aryl methyl sites for hydroxylation is 1. The minimum Gasteiger partial charge on any atom is -0.490 e. The SMILES string of the molecule is CC(C)=CCOc1ccc2c(C)c(CC(=O)O)ccc2c1. The predicted molar refractivity (Wildman–Crippen MR) is 85.0 cm³/mol. The highest BCUT2D eigenvalue weighted by Crippen LogP contribution is 2.26. The standard InChI is InChI=1S/C18H20O3/c1-12(2)8-9-21-16-6-7-17-13(3)14(11-18(19)20)4-5-15(17)10-16/h4-8,10H,9,11H2,1-3H3,(H,19,20). The lowest BCUT2D eigenvalue weighted by atomic mass is 9.98. The van der Waals surface area contributed by atoms with Crippen molar-refractivity contribution in [3.05, 3.63) is 53.1 Å². The maximum atomic E-state index is 10.9. The molecule has 110 valence electrons. The normalized spacial score (nSPS) is 10.4. The lowest BCUT2D eigenvalue weighted by Crippen LogP contribution is -2.02. The van der Waals surface area contributed by atoms with Gasteiger partial charge in [-0.3, -0.25) is 4.79 Å². The molecule has 0 aliphatic carbocycles. The molecule has 0 saturated heterocycles. The van der Waals surface area contributed by atoms with Crippen LogP contribution < -0.4 is 4.74 Å². The van der Waals surface area contributed by atoms with Crippen molar-refractivity contribution in [2.24, 2.45) is 0 Å². The number of aliphatic carboxylic acids is 1. The zero-order chi connectivity index (χ0) is 15.4. The molecular formula is C18H20O3. The summed E-state index contributed by atoms with van der Waals surface area (Å²) in [5.74, 6) is 0.0181. The molecule has 2 rings (SSSR count). The second-order valence-electron chi connectivity index (χ2n) is 5.40. The minimum atomic E-state index is -0.806. The monoisotopic (exact) mass is 284 g/mol. The summed E-state index contributed by atoms with van der Waals surface area (Å²) in [6.45, 7) is 6.60. The molecule has 0 fully saturated rings. The van der Waals surface area contributed by atoms with Crippen LogP contribution in [0.4, 0.5) is 0 Å². The largest absolute Gasteiger partial charge is 0.490 e. The summed E-state index contributed by atoms with van der Waals surface area (Å²) < 4.78 is 5.69. The molecule has 21 heavy (non-hydrogen) atoms. The molecule has 0 bridgehead atoms. The number of carboxylic acid groups (broad SMARTS) is 1. The molecule has 0 saturated carbocycles. The summed E-state index contributed by atoms with van der Waals surface area (Å²) in [4.78, 5) is 10.9. The smallest absolute Gasteiger partial charge is 0.307 e. The van der Waals surface area contributed by atoms with Crippen LogP contribution in [0.15, 0.2) is 42.0 Å². The fourth-order valence-corrected chi connectivity index (χ4v) is 2.26. The van der Waals surface area contributed by atoms with Gasteiger partial charge >= 0.3 is 5.97 Å². The first-order valence-electron chi connectivity index (χ1n) is 6.97. The Hall–Kier alpha value is -2.29. The number of allylic oxidation sites excluding steroid dienone is 1. The summed E-state index contributed by atoms with van der Waals surface area (Å²) in [6, 6.07) is 9.75.